The molecule has 2 aliphatic rings. The molecule has 3 nitrogen and oxygen atoms in total. The molecule has 2 heterocycles. The van der Waals surface area contributed by atoms with Gasteiger partial charge in [-0.05, 0) is 75.6 Å². The first kappa shape index (κ1) is 18.3. The van der Waals surface area contributed by atoms with E-state index in [1.807, 2.05) is 11.0 Å². The molecule has 2 aromatic rings. The summed E-state index contributed by atoms with van der Waals surface area (Å²) in [6.45, 7) is 5.12. The topological polar surface area (TPSA) is 23.6 Å². The molecular formula is C22H24ClFN2O. The Morgan fingerprint density at radius 3 is 2.59 bits per heavy atom. The third kappa shape index (κ3) is 3.31. The number of nitrogens with zero attached hydrogens (tertiary/aromatic N) is 2. The van der Waals surface area contributed by atoms with Gasteiger partial charge in [-0.15, -0.1) is 0 Å². The number of carbonyl (C=O) groups excluding carboxylic acids is 1. The van der Waals surface area contributed by atoms with E-state index in [0.29, 0.717) is 10.6 Å². The Hall–Kier alpha value is -2.07. The lowest BCUT2D eigenvalue weighted by Crippen LogP contribution is -2.52. The normalized spacial score (nSPS) is 24.0. The molecule has 0 unspecified atom stereocenters. The van der Waals surface area contributed by atoms with Crippen molar-refractivity contribution in [1.29, 1.82) is 0 Å². The van der Waals surface area contributed by atoms with E-state index < -0.39 is 0 Å². The van der Waals surface area contributed by atoms with Gasteiger partial charge in [-0.3, -0.25) is 4.79 Å². The number of piperidine rings is 1. The molecule has 2 fully saturated rings. The standard InChI is InChI=1S/C22H24ClFN2O/c1-22(2)14-20-19(26(22)18-6-3-5-17(24)13-18)7-4-12-25(20)21(27)15-8-10-16(23)11-9-15/h3,5-6,8-11,13,19-20H,4,7,12,14H2,1-2H3/t19-,20-/m0/s1. The van der Waals surface area contributed by atoms with Crippen molar-refractivity contribution in [3.8, 4) is 0 Å². The zero-order valence-corrected chi connectivity index (χ0v) is 16.4. The SMILES string of the molecule is CC1(C)C[C@H]2[C@H](CCCN2C(=O)c2ccc(Cl)cc2)N1c1cccc(F)c1. The Kier molecular flexibility index (Phi) is 4.63. The van der Waals surface area contributed by atoms with Crippen LogP contribution in [0, 0.1) is 5.82 Å². The van der Waals surface area contributed by atoms with Crippen LogP contribution in [0.25, 0.3) is 0 Å². The summed E-state index contributed by atoms with van der Waals surface area (Å²) in [7, 11) is 0. The molecule has 0 saturated carbocycles. The summed E-state index contributed by atoms with van der Waals surface area (Å²) in [5.74, 6) is -0.171. The molecule has 0 radical (unpaired) electrons. The smallest absolute Gasteiger partial charge is 0.254 e. The highest BCUT2D eigenvalue weighted by molar-refractivity contribution is 6.30. The van der Waals surface area contributed by atoms with Crippen molar-refractivity contribution >= 4 is 23.2 Å². The highest BCUT2D eigenvalue weighted by atomic mass is 35.5. The van der Waals surface area contributed by atoms with Gasteiger partial charge >= 0.3 is 0 Å². The Morgan fingerprint density at radius 2 is 1.89 bits per heavy atom. The molecule has 2 saturated heterocycles. The molecule has 0 aliphatic carbocycles. The number of amides is 1. The lowest BCUT2D eigenvalue weighted by molar-refractivity contribution is 0.0605. The second kappa shape index (κ2) is 6.83. The van der Waals surface area contributed by atoms with Crippen molar-refractivity contribution in [2.45, 2.75) is 50.7 Å². The van der Waals surface area contributed by atoms with Gasteiger partial charge in [0.2, 0.25) is 0 Å². The molecule has 0 bridgehead atoms. The first-order valence-electron chi connectivity index (χ1n) is 9.48. The van der Waals surface area contributed by atoms with Gasteiger partial charge in [0.25, 0.3) is 5.91 Å². The highest BCUT2D eigenvalue weighted by Gasteiger charge is 2.50. The second-order valence-electron chi connectivity index (χ2n) is 8.15. The summed E-state index contributed by atoms with van der Waals surface area (Å²) in [6, 6.07) is 14.2. The van der Waals surface area contributed by atoms with Crippen LogP contribution in [-0.2, 0) is 0 Å². The summed E-state index contributed by atoms with van der Waals surface area (Å²) in [4.78, 5) is 17.5. The Morgan fingerprint density at radius 1 is 1.15 bits per heavy atom. The molecule has 142 valence electrons. The van der Waals surface area contributed by atoms with Gasteiger partial charge in [0.1, 0.15) is 5.82 Å². The van der Waals surface area contributed by atoms with Crippen molar-refractivity contribution in [2.24, 2.45) is 0 Å². The van der Waals surface area contributed by atoms with E-state index in [4.69, 9.17) is 11.6 Å². The number of fused-ring (bicyclic) bond motifs is 1. The van der Waals surface area contributed by atoms with Gasteiger partial charge in [0, 0.05) is 28.4 Å². The number of carbonyl (C=O) groups is 1. The molecule has 5 heteroatoms. The molecule has 27 heavy (non-hydrogen) atoms. The average Bonchev–Trinajstić information content (AvgIpc) is 2.91. The van der Waals surface area contributed by atoms with E-state index in [1.165, 1.54) is 6.07 Å². The molecule has 4 rings (SSSR count). The van der Waals surface area contributed by atoms with Crippen LogP contribution in [0.2, 0.25) is 5.02 Å². The molecule has 2 atom stereocenters. The summed E-state index contributed by atoms with van der Waals surface area (Å²) >= 11 is 5.97. The number of halogens is 2. The van der Waals surface area contributed by atoms with Crippen LogP contribution < -0.4 is 4.90 Å². The molecular weight excluding hydrogens is 363 g/mol. The Labute approximate surface area is 164 Å². The van der Waals surface area contributed by atoms with E-state index in [9.17, 15) is 9.18 Å². The van der Waals surface area contributed by atoms with Gasteiger partial charge in [0.15, 0.2) is 0 Å². The van der Waals surface area contributed by atoms with Crippen molar-refractivity contribution in [1.82, 2.24) is 4.90 Å². The lowest BCUT2D eigenvalue weighted by atomic mass is 9.93. The van der Waals surface area contributed by atoms with E-state index in [2.05, 4.69) is 18.7 Å². The second-order valence-corrected chi connectivity index (χ2v) is 8.59. The fraction of sp³-hybridized carbons (Fsp3) is 0.409. The van der Waals surface area contributed by atoms with Crippen molar-refractivity contribution in [3.63, 3.8) is 0 Å². The Bertz CT molecular complexity index is 852. The van der Waals surface area contributed by atoms with Crippen LogP contribution in [0.15, 0.2) is 48.5 Å². The summed E-state index contributed by atoms with van der Waals surface area (Å²) in [5.41, 5.74) is 1.42. The first-order valence-corrected chi connectivity index (χ1v) is 9.86. The fourth-order valence-electron chi connectivity index (χ4n) is 4.82. The third-order valence-corrected chi connectivity index (χ3v) is 6.13. The zero-order chi connectivity index (χ0) is 19.2. The monoisotopic (exact) mass is 386 g/mol. The first-order chi connectivity index (χ1) is 12.9. The maximum atomic E-state index is 13.9. The summed E-state index contributed by atoms with van der Waals surface area (Å²) < 4.78 is 13.9. The molecule has 0 aromatic heterocycles. The van der Waals surface area contributed by atoms with Crippen LogP contribution in [0.4, 0.5) is 10.1 Å². The number of rotatable bonds is 2. The van der Waals surface area contributed by atoms with Gasteiger partial charge in [-0.25, -0.2) is 4.39 Å². The third-order valence-electron chi connectivity index (χ3n) is 5.87. The Balaban J connectivity index is 1.66. The average molecular weight is 387 g/mol. The number of likely N-dealkylation sites (tertiary alicyclic amines) is 1. The van der Waals surface area contributed by atoms with Gasteiger partial charge in [-0.2, -0.15) is 0 Å². The minimum absolute atomic E-state index is 0.0539. The number of anilines is 1. The van der Waals surface area contributed by atoms with Crippen LogP contribution >= 0.6 is 11.6 Å². The number of hydrogen-bond acceptors (Lipinski definition) is 2. The van der Waals surface area contributed by atoms with E-state index in [-0.39, 0.29) is 29.3 Å². The predicted octanol–water partition coefficient (Wildman–Crippen LogP) is 5.14. The number of hydrogen-bond donors (Lipinski definition) is 0. The van der Waals surface area contributed by atoms with E-state index in [1.54, 1.807) is 36.4 Å². The molecule has 2 aliphatic heterocycles. The lowest BCUT2D eigenvalue weighted by Gasteiger charge is -2.42. The molecule has 0 N–H and O–H groups in total. The van der Waals surface area contributed by atoms with Gasteiger partial charge < -0.3 is 9.80 Å². The minimum atomic E-state index is -0.225. The number of benzene rings is 2. The van der Waals surface area contributed by atoms with Crippen molar-refractivity contribution in [3.05, 3.63) is 64.9 Å². The van der Waals surface area contributed by atoms with Crippen LogP contribution in [0.1, 0.15) is 43.5 Å². The van der Waals surface area contributed by atoms with E-state index in [0.717, 1.165) is 31.5 Å². The van der Waals surface area contributed by atoms with Gasteiger partial charge in [0.05, 0.1) is 12.1 Å². The maximum Gasteiger partial charge on any atom is 0.254 e. The minimum Gasteiger partial charge on any atom is -0.361 e. The molecule has 1 amide bonds. The van der Waals surface area contributed by atoms with E-state index >= 15 is 0 Å². The fourth-order valence-corrected chi connectivity index (χ4v) is 4.95. The van der Waals surface area contributed by atoms with Crippen LogP contribution in [0.5, 0.6) is 0 Å². The quantitative estimate of drug-likeness (QED) is 0.713. The van der Waals surface area contributed by atoms with Crippen molar-refractivity contribution in [2.75, 3.05) is 11.4 Å². The molecule has 2 aromatic carbocycles. The van der Waals surface area contributed by atoms with Crippen molar-refractivity contribution < 1.29 is 9.18 Å². The largest absolute Gasteiger partial charge is 0.361 e. The zero-order valence-electron chi connectivity index (χ0n) is 15.7. The van der Waals surface area contributed by atoms with Crippen LogP contribution in [0.3, 0.4) is 0 Å². The summed E-state index contributed by atoms with van der Waals surface area (Å²) in [5, 5.41) is 0.627. The van der Waals surface area contributed by atoms with Crippen LogP contribution in [-0.4, -0.2) is 35.0 Å². The maximum absolute atomic E-state index is 13.9. The highest BCUT2D eigenvalue weighted by Crippen LogP contribution is 2.44. The molecule has 0 spiro atoms. The summed E-state index contributed by atoms with van der Waals surface area (Å²) in [6.07, 6.45) is 2.82. The van der Waals surface area contributed by atoms with Gasteiger partial charge in [-0.1, -0.05) is 17.7 Å². The predicted molar refractivity (Wildman–Crippen MR) is 107 cm³/mol.